The zero-order valence-corrected chi connectivity index (χ0v) is 12.9. The number of nitrogens with one attached hydrogen (secondary N) is 1. The molecule has 0 aromatic rings. The highest BCUT2D eigenvalue weighted by molar-refractivity contribution is 5.75. The van der Waals surface area contributed by atoms with Crippen LogP contribution in [0.3, 0.4) is 0 Å². The molecule has 0 aliphatic heterocycles. The highest BCUT2D eigenvalue weighted by Crippen LogP contribution is 2.14. The molecule has 0 bridgehead atoms. The van der Waals surface area contributed by atoms with Crippen LogP contribution < -0.4 is 5.32 Å². The van der Waals surface area contributed by atoms with Crippen LogP contribution in [-0.4, -0.2) is 12.5 Å². The van der Waals surface area contributed by atoms with Gasteiger partial charge in [0.15, 0.2) is 0 Å². The second kappa shape index (κ2) is 11.6. The lowest BCUT2D eigenvalue weighted by Crippen LogP contribution is -2.29. The van der Waals surface area contributed by atoms with Gasteiger partial charge in [-0.2, -0.15) is 0 Å². The third-order valence-electron chi connectivity index (χ3n) is 3.48. The van der Waals surface area contributed by atoms with Crippen LogP contribution in [0, 0.1) is 11.8 Å². The van der Waals surface area contributed by atoms with Crippen molar-refractivity contribution in [2.24, 2.45) is 11.8 Å². The van der Waals surface area contributed by atoms with E-state index >= 15 is 0 Å². The lowest BCUT2D eigenvalue weighted by molar-refractivity contribution is -0.121. The van der Waals surface area contributed by atoms with Crippen LogP contribution in [-0.2, 0) is 4.79 Å². The van der Waals surface area contributed by atoms with E-state index in [-0.39, 0.29) is 5.91 Å². The van der Waals surface area contributed by atoms with Gasteiger partial charge in [-0.05, 0) is 24.7 Å². The summed E-state index contributed by atoms with van der Waals surface area (Å²) >= 11 is 0. The van der Waals surface area contributed by atoms with Crippen LogP contribution in [0.15, 0.2) is 0 Å². The summed E-state index contributed by atoms with van der Waals surface area (Å²) in [5.74, 6) is 1.61. The van der Waals surface area contributed by atoms with E-state index in [0.717, 1.165) is 25.3 Å². The Hall–Kier alpha value is -0.530. The molecule has 108 valence electrons. The molecule has 2 nitrogen and oxygen atoms in total. The van der Waals surface area contributed by atoms with Gasteiger partial charge in [0.25, 0.3) is 0 Å². The largest absolute Gasteiger partial charge is 0.356 e. The van der Waals surface area contributed by atoms with E-state index in [4.69, 9.17) is 0 Å². The summed E-state index contributed by atoms with van der Waals surface area (Å²) in [6.07, 6.45) is 9.17. The minimum absolute atomic E-state index is 0.244. The van der Waals surface area contributed by atoms with Crippen molar-refractivity contribution >= 4 is 5.91 Å². The van der Waals surface area contributed by atoms with E-state index in [1.807, 2.05) is 0 Å². The molecule has 1 atom stereocenters. The number of amides is 1. The number of unbranched alkanes of at least 4 members (excludes halogenated alkanes) is 4. The molecule has 0 aromatic carbocycles. The Morgan fingerprint density at radius 1 is 1.06 bits per heavy atom. The molecule has 1 unspecified atom stereocenters. The van der Waals surface area contributed by atoms with Crippen LogP contribution >= 0.6 is 0 Å². The van der Waals surface area contributed by atoms with E-state index in [1.54, 1.807) is 0 Å². The Labute approximate surface area is 114 Å². The summed E-state index contributed by atoms with van der Waals surface area (Å²) in [5.41, 5.74) is 0. The van der Waals surface area contributed by atoms with Gasteiger partial charge < -0.3 is 5.32 Å². The van der Waals surface area contributed by atoms with Crippen molar-refractivity contribution in [1.29, 1.82) is 0 Å². The standard InChI is InChI=1S/C16H33NO/c1-5-7-8-9-10-11-16(18)17-13-15(6-2)12-14(3)4/h14-15H,5-13H2,1-4H3,(H,17,18). The number of hydrogen-bond acceptors (Lipinski definition) is 1. The van der Waals surface area contributed by atoms with Gasteiger partial charge >= 0.3 is 0 Å². The quantitative estimate of drug-likeness (QED) is 0.540. The molecule has 1 N–H and O–H groups in total. The summed E-state index contributed by atoms with van der Waals surface area (Å²) in [5, 5.41) is 3.09. The van der Waals surface area contributed by atoms with Gasteiger partial charge in [-0.3, -0.25) is 4.79 Å². The van der Waals surface area contributed by atoms with E-state index in [2.05, 4.69) is 33.0 Å². The SMILES string of the molecule is CCCCCCCC(=O)NCC(CC)CC(C)C. The minimum Gasteiger partial charge on any atom is -0.356 e. The highest BCUT2D eigenvalue weighted by Gasteiger charge is 2.10. The molecule has 0 aliphatic rings. The van der Waals surface area contributed by atoms with Crippen molar-refractivity contribution in [1.82, 2.24) is 5.32 Å². The molecule has 0 heterocycles. The fraction of sp³-hybridized carbons (Fsp3) is 0.938. The van der Waals surface area contributed by atoms with Gasteiger partial charge in [0.2, 0.25) is 5.91 Å². The molecule has 0 radical (unpaired) electrons. The average Bonchev–Trinajstić information content (AvgIpc) is 2.33. The maximum Gasteiger partial charge on any atom is 0.220 e. The van der Waals surface area contributed by atoms with Gasteiger partial charge in [0, 0.05) is 13.0 Å². The topological polar surface area (TPSA) is 29.1 Å². The summed E-state index contributed by atoms with van der Waals surface area (Å²) in [4.78, 5) is 11.7. The second-order valence-corrected chi connectivity index (χ2v) is 5.87. The van der Waals surface area contributed by atoms with Crippen molar-refractivity contribution < 1.29 is 4.79 Å². The lowest BCUT2D eigenvalue weighted by atomic mass is 9.95. The molecular weight excluding hydrogens is 222 g/mol. The molecule has 0 aliphatic carbocycles. The molecule has 0 spiro atoms. The first-order valence-electron chi connectivity index (χ1n) is 7.86. The maximum absolute atomic E-state index is 11.7. The number of carbonyl (C=O) groups is 1. The first-order valence-corrected chi connectivity index (χ1v) is 7.86. The molecule has 0 rings (SSSR count). The Morgan fingerprint density at radius 3 is 2.28 bits per heavy atom. The predicted octanol–water partition coefficient (Wildman–Crippen LogP) is 4.54. The van der Waals surface area contributed by atoms with Crippen molar-refractivity contribution in [2.75, 3.05) is 6.54 Å². The molecule has 0 fully saturated rings. The highest BCUT2D eigenvalue weighted by atomic mass is 16.1. The predicted molar refractivity (Wildman–Crippen MR) is 79.6 cm³/mol. The Kier molecular flexibility index (Phi) is 11.2. The number of hydrogen-bond donors (Lipinski definition) is 1. The molecule has 2 heteroatoms. The van der Waals surface area contributed by atoms with Gasteiger partial charge in [-0.25, -0.2) is 0 Å². The lowest BCUT2D eigenvalue weighted by Gasteiger charge is -2.17. The van der Waals surface area contributed by atoms with Gasteiger partial charge in [-0.1, -0.05) is 59.8 Å². The van der Waals surface area contributed by atoms with Crippen LogP contribution in [0.25, 0.3) is 0 Å². The van der Waals surface area contributed by atoms with Crippen molar-refractivity contribution in [3.63, 3.8) is 0 Å². The summed E-state index contributed by atoms with van der Waals surface area (Å²) < 4.78 is 0. The average molecular weight is 255 g/mol. The van der Waals surface area contributed by atoms with Gasteiger partial charge in [0.1, 0.15) is 0 Å². The van der Waals surface area contributed by atoms with Crippen molar-refractivity contribution in [2.45, 2.75) is 79.1 Å². The monoisotopic (exact) mass is 255 g/mol. The molecule has 1 amide bonds. The van der Waals surface area contributed by atoms with Crippen LogP contribution in [0.4, 0.5) is 0 Å². The summed E-state index contributed by atoms with van der Waals surface area (Å²) in [7, 11) is 0. The van der Waals surface area contributed by atoms with Crippen molar-refractivity contribution in [3.8, 4) is 0 Å². The van der Waals surface area contributed by atoms with E-state index in [0.29, 0.717) is 12.3 Å². The Bertz CT molecular complexity index is 201. The molecule has 0 saturated heterocycles. The van der Waals surface area contributed by atoms with Crippen molar-refractivity contribution in [3.05, 3.63) is 0 Å². The number of carbonyl (C=O) groups excluding carboxylic acids is 1. The van der Waals surface area contributed by atoms with Crippen LogP contribution in [0.5, 0.6) is 0 Å². The van der Waals surface area contributed by atoms with E-state index < -0.39 is 0 Å². The number of rotatable bonds is 11. The summed E-state index contributed by atoms with van der Waals surface area (Å²) in [6.45, 7) is 9.79. The molecule has 0 aromatic heterocycles. The third-order valence-corrected chi connectivity index (χ3v) is 3.48. The van der Waals surface area contributed by atoms with Crippen LogP contribution in [0.2, 0.25) is 0 Å². The van der Waals surface area contributed by atoms with E-state index in [9.17, 15) is 4.79 Å². The minimum atomic E-state index is 0.244. The molecule has 18 heavy (non-hydrogen) atoms. The molecule has 0 saturated carbocycles. The van der Waals surface area contributed by atoms with Gasteiger partial charge in [-0.15, -0.1) is 0 Å². The second-order valence-electron chi connectivity index (χ2n) is 5.87. The van der Waals surface area contributed by atoms with E-state index in [1.165, 1.54) is 32.1 Å². The molecular formula is C16H33NO. The summed E-state index contributed by atoms with van der Waals surface area (Å²) in [6, 6.07) is 0. The smallest absolute Gasteiger partial charge is 0.220 e. The maximum atomic E-state index is 11.7. The van der Waals surface area contributed by atoms with Gasteiger partial charge in [0.05, 0.1) is 0 Å². The Morgan fingerprint density at radius 2 is 1.72 bits per heavy atom. The van der Waals surface area contributed by atoms with Crippen LogP contribution in [0.1, 0.15) is 79.1 Å². The Balaban J connectivity index is 3.55. The zero-order valence-electron chi connectivity index (χ0n) is 12.9. The fourth-order valence-electron chi connectivity index (χ4n) is 2.30. The fourth-order valence-corrected chi connectivity index (χ4v) is 2.30. The zero-order chi connectivity index (χ0) is 13.8. The first-order chi connectivity index (χ1) is 8.60. The third kappa shape index (κ3) is 10.6. The first kappa shape index (κ1) is 17.5. The normalized spacial score (nSPS) is 12.7.